The highest BCUT2D eigenvalue weighted by molar-refractivity contribution is 7.10. The fourth-order valence-corrected chi connectivity index (χ4v) is 4.41. The number of benzene rings is 1. The Hall–Kier alpha value is -1.36. The van der Waals surface area contributed by atoms with Crippen LogP contribution in [-0.2, 0) is 6.42 Å². The van der Waals surface area contributed by atoms with Crippen LogP contribution in [0.5, 0.6) is 0 Å². The van der Waals surface area contributed by atoms with Crippen LogP contribution in [0, 0.1) is 0 Å². The number of halogens is 1. The Bertz CT molecular complexity index is 683. The molecule has 1 aromatic carbocycles. The van der Waals surface area contributed by atoms with Crippen molar-refractivity contribution in [2.45, 2.75) is 32.4 Å². The van der Waals surface area contributed by atoms with Gasteiger partial charge in [-0.25, -0.2) is 0 Å². The van der Waals surface area contributed by atoms with Crippen molar-refractivity contribution in [1.82, 2.24) is 10.2 Å². The molecule has 3 nitrogen and oxygen atoms in total. The van der Waals surface area contributed by atoms with Crippen LogP contribution in [0.4, 0.5) is 0 Å². The average Bonchev–Trinajstić information content (AvgIpc) is 2.99. The Labute approximate surface area is 146 Å². The zero-order valence-electron chi connectivity index (χ0n) is 13.4. The molecule has 0 saturated heterocycles. The van der Waals surface area contributed by atoms with Gasteiger partial charge in [0.1, 0.15) is 0 Å². The molecule has 0 unspecified atom stereocenters. The largest absolute Gasteiger partial charge is 0.351 e. The number of hydrogen-bond acceptors (Lipinski definition) is 3. The molecule has 122 valence electrons. The third-order valence-electron chi connectivity index (χ3n) is 4.50. The fraction of sp³-hybridized carbons (Fsp3) is 0.389. The van der Waals surface area contributed by atoms with E-state index in [4.69, 9.17) is 11.6 Å². The first kappa shape index (κ1) is 16.5. The van der Waals surface area contributed by atoms with Gasteiger partial charge in [0.25, 0.3) is 5.91 Å². The minimum atomic E-state index is -0.0456. The molecule has 0 aliphatic carbocycles. The number of carbonyl (C=O) groups excluding carboxylic acids is 1. The molecule has 0 spiro atoms. The van der Waals surface area contributed by atoms with Gasteiger partial charge in [-0.1, -0.05) is 11.6 Å². The van der Waals surface area contributed by atoms with E-state index in [2.05, 4.69) is 35.5 Å². The predicted octanol–water partition coefficient (Wildman–Crippen LogP) is 4.14. The van der Waals surface area contributed by atoms with Crippen LogP contribution in [0.3, 0.4) is 0 Å². The van der Waals surface area contributed by atoms with E-state index < -0.39 is 0 Å². The average molecular weight is 349 g/mol. The highest BCUT2D eigenvalue weighted by atomic mass is 35.5. The summed E-state index contributed by atoms with van der Waals surface area (Å²) in [6.45, 7) is 6.03. The Balaban J connectivity index is 1.56. The number of fused-ring (bicyclic) bond motifs is 1. The maximum atomic E-state index is 12.1. The van der Waals surface area contributed by atoms with Crippen molar-refractivity contribution in [3.05, 3.63) is 56.7 Å². The van der Waals surface area contributed by atoms with Gasteiger partial charge in [-0.15, -0.1) is 11.3 Å². The van der Waals surface area contributed by atoms with Crippen molar-refractivity contribution in [1.29, 1.82) is 0 Å². The van der Waals surface area contributed by atoms with E-state index >= 15 is 0 Å². The summed E-state index contributed by atoms with van der Waals surface area (Å²) in [5, 5.41) is 5.83. The van der Waals surface area contributed by atoms with Gasteiger partial charge in [0, 0.05) is 40.6 Å². The van der Waals surface area contributed by atoms with Gasteiger partial charge in [0.15, 0.2) is 0 Å². The first-order valence-electron chi connectivity index (χ1n) is 7.92. The molecule has 23 heavy (non-hydrogen) atoms. The second-order valence-corrected chi connectivity index (χ2v) is 7.42. The third kappa shape index (κ3) is 3.60. The first-order chi connectivity index (χ1) is 11.1. The van der Waals surface area contributed by atoms with Crippen LogP contribution in [0.25, 0.3) is 0 Å². The molecule has 1 aliphatic rings. The smallest absolute Gasteiger partial charge is 0.251 e. The van der Waals surface area contributed by atoms with Gasteiger partial charge < -0.3 is 5.32 Å². The van der Waals surface area contributed by atoms with Crippen molar-refractivity contribution in [2.75, 3.05) is 13.1 Å². The fourth-order valence-electron chi connectivity index (χ4n) is 3.27. The van der Waals surface area contributed by atoms with Crippen LogP contribution in [0.1, 0.15) is 40.7 Å². The van der Waals surface area contributed by atoms with Crippen molar-refractivity contribution in [3.63, 3.8) is 0 Å². The van der Waals surface area contributed by atoms with E-state index in [-0.39, 0.29) is 5.91 Å². The Kier molecular flexibility index (Phi) is 5.05. The summed E-state index contributed by atoms with van der Waals surface area (Å²) < 4.78 is 0. The van der Waals surface area contributed by atoms with Gasteiger partial charge in [-0.2, -0.15) is 0 Å². The summed E-state index contributed by atoms with van der Waals surface area (Å²) in [6, 6.07) is 10.1. The number of carbonyl (C=O) groups is 1. The number of nitrogens with one attached hydrogen (secondary N) is 1. The molecule has 1 amide bonds. The number of hydrogen-bond donors (Lipinski definition) is 1. The minimum absolute atomic E-state index is 0.0456. The first-order valence-corrected chi connectivity index (χ1v) is 9.18. The molecule has 0 bridgehead atoms. The summed E-state index contributed by atoms with van der Waals surface area (Å²) in [6.07, 6.45) is 1.09. The minimum Gasteiger partial charge on any atom is -0.351 e. The number of thiophene rings is 1. The maximum absolute atomic E-state index is 12.1. The third-order valence-corrected chi connectivity index (χ3v) is 5.88. The molecule has 2 atom stereocenters. The van der Waals surface area contributed by atoms with E-state index in [0.29, 0.717) is 29.2 Å². The number of rotatable bonds is 4. The zero-order chi connectivity index (χ0) is 16.4. The van der Waals surface area contributed by atoms with Gasteiger partial charge in [0.05, 0.1) is 0 Å². The maximum Gasteiger partial charge on any atom is 0.251 e. The second kappa shape index (κ2) is 7.04. The van der Waals surface area contributed by atoms with Crippen molar-refractivity contribution >= 4 is 28.8 Å². The summed E-state index contributed by atoms with van der Waals surface area (Å²) >= 11 is 7.68. The molecule has 1 aliphatic heterocycles. The molecule has 0 fully saturated rings. The Morgan fingerprint density at radius 2 is 2.04 bits per heavy atom. The van der Waals surface area contributed by atoms with Crippen molar-refractivity contribution in [3.8, 4) is 0 Å². The topological polar surface area (TPSA) is 32.3 Å². The Morgan fingerprint density at radius 1 is 1.30 bits per heavy atom. The lowest BCUT2D eigenvalue weighted by atomic mass is 9.97. The SMILES string of the molecule is C[C@@H]1Cc2ccsc2[C@H](C)N1CCNC(=O)c1ccc(Cl)cc1. The van der Waals surface area contributed by atoms with E-state index in [9.17, 15) is 4.79 Å². The molecule has 0 saturated carbocycles. The van der Waals surface area contributed by atoms with Crippen LogP contribution in [0.2, 0.25) is 5.02 Å². The van der Waals surface area contributed by atoms with Gasteiger partial charge in [-0.3, -0.25) is 9.69 Å². The van der Waals surface area contributed by atoms with Crippen LogP contribution < -0.4 is 5.32 Å². The lowest BCUT2D eigenvalue weighted by Gasteiger charge is -2.38. The lowest BCUT2D eigenvalue weighted by Crippen LogP contribution is -2.44. The summed E-state index contributed by atoms with van der Waals surface area (Å²) in [4.78, 5) is 16.1. The van der Waals surface area contributed by atoms with Crippen LogP contribution >= 0.6 is 22.9 Å². The predicted molar refractivity (Wildman–Crippen MR) is 96.4 cm³/mol. The zero-order valence-corrected chi connectivity index (χ0v) is 15.0. The number of amides is 1. The van der Waals surface area contributed by atoms with Crippen molar-refractivity contribution < 1.29 is 4.79 Å². The standard InChI is InChI=1S/C18H21ClN2OS/c1-12-11-15-7-10-23-17(15)13(2)21(12)9-8-20-18(22)14-3-5-16(19)6-4-14/h3-7,10,12-13H,8-9,11H2,1-2H3,(H,20,22)/t12-,13+/m1/s1. The highest BCUT2D eigenvalue weighted by Crippen LogP contribution is 2.35. The molecule has 1 N–H and O–H groups in total. The molecule has 3 rings (SSSR count). The highest BCUT2D eigenvalue weighted by Gasteiger charge is 2.29. The summed E-state index contributed by atoms with van der Waals surface area (Å²) in [5.41, 5.74) is 2.13. The quantitative estimate of drug-likeness (QED) is 0.900. The Morgan fingerprint density at radius 3 is 2.78 bits per heavy atom. The monoisotopic (exact) mass is 348 g/mol. The molecule has 1 aromatic heterocycles. The van der Waals surface area contributed by atoms with Gasteiger partial charge >= 0.3 is 0 Å². The number of nitrogens with zero attached hydrogens (tertiary/aromatic N) is 1. The molecule has 2 aromatic rings. The van der Waals surface area contributed by atoms with E-state index in [1.54, 1.807) is 24.3 Å². The van der Waals surface area contributed by atoms with E-state index in [1.165, 1.54) is 10.4 Å². The second-order valence-electron chi connectivity index (χ2n) is 6.04. The molecule has 5 heteroatoms. The van der Waals surface area contributed by atoms with Gasteiger partial charge in [0.2, 0.25) is 0 Å². The van der Waals surface area contributed by atoms with Gasteiger partial charge in [-0.05, 0) is 61.5 Å². The van der Waals surface area contributed by atoms with Crippen LogP contribution in [-0.4, -0.2) is 29.9 Å². The lowest BCUT2D eigenvalue weighted by molar-refractivity contribution is 0.0930. The summed E-state index contributed by atoms with van der Waals surface area (Å²) in [7, 11) is 0. The molecule has 2 heterocycles. The van der Waals surface area contributed by atoms with Crippen molar-refractivity contribution in [2.24, 2.45) is 0 Å². The molecular formula is C18H21ClN2OS. The molecular weight excluding hydrogens is 328 g/mol. The summed E-state index contributed by atoms with van der Waals surface area (Å²) in [5.74, 6) is -0.0456. The van der Waals surface area contributed by atoms with E-state index in [0.717, 1.165) is 13.0 Å². The molecule has 0 radical (unpaired) electrons. The van der Waals surface area contributed by atoms with Crippen LogP contribution in [0.15, 0.2) is 35.7 Å². The normalized spacial score (nSPS) is 21.0. The van der Waals surface area contributed by atoms with E-state index in [1.807, 2.05) is 11.3 Å².